The highest BCUT2D eigenvalue weighted by atomic mass is 14.9. The van der Waals surface area contributed by atoms with Gasteiger partial charge in [-0.3, -0.25) is 0 Å². The highest BCUT2D eigenvalue weighted by molar-refractivity contribution is 5.79. The molecule has 4 N–H and O–H groups in total. The van der Waals surface area contributed by atoms with Crippen molar-refractivity contribution in [1.82, 2.24) is 9.97 Å². The number of hydrogen-bond donors (Lipinski definition) is 3. The fourth-order valence-corrected chi connectivity index (χ4v) is 1.53. The Balaban J connectivity index is 2.22. The molecular formula is C11H16N4. The highest BCUT2D eigenvalue weighted by Gasteiger charge is 2.00. The summed E-state index contributed by atoms with van der Waals surface area (Å²) in [6.45, 7) is 4.71. The molecule has 4 heteroatoms. The van der Waals surface area contributed by atoms with E-state index >= 15 is 0 Å². The van der Waals surface area contributed by atoms with Crippen LogP contribution in [0.5, 0.6) is 0 Å². The minimum absolute atomic E-state index is 0.157. The van der Waals surface area contributed by atoms with Crippen LogP contribution in [0.1, 0.15) is 12.7 Å². The Morgan fingerprint density at radius 1 is 1.53 bits per heavy atom. The molecule has 1 aromatic carbocycles. The van der Waals surface area contributed by atoms with E-state index in [1.54, 1.807) is 0 Å². The Hall–Kier alpha value is -1.55. The lowest BCUT2D eigenvalue weighted by molar-refractivity contribution is 0.780. The van der Waals surface area contributed by atoms with Gasteiger partial charge in [-0.15, -0.1) is 0 Å². The predicted octanol–water partition coefficient (Wildman–Crippen LogP) is 1.63. The third-order valence-electron chi connectivity index (χ3n) is 2.23. The Kier molecular flexibility index (Phi) is 2.60. The number of aromatic nitrogens is 2. The van der Waals surface area contributed by atoms with Crippen molar-refractivity contribution >= 4 is 16.7 Å². The number of nitrogens with zero attached hydrogens (tertiary/aromatic N) is 1. The van der Waals surface area contributed by atoms with Gasteiger partial charge in [0.05, 0.1) is 11.0 Å². The number of nitrogens with one attached hydrogen (secondary N) is 2. The molecule has 1 atom stereocenters. The molecule has 1 aromatic heterocycles. The number of rotatable bonds is 3. The van der Waals surface area contributed by atoms with E-state index in [1.807, 2.05) is 26.0 Å². The van der Waals surface area contributed by atoms with Gasteiger partial charge in [-0.2, -0.15) is 0 Å². The Bertz CT molecular complexity index is 459. The Labute approximate surface area is 88.9 Å². The molecule has 15 heavy (non-hydrogen) atoms. The lowest BCUT2D eigenvalue weighted by Gasteiger charge is -2.08. The monoisotopic (exact) mass is 204 g/mol. The number of hydrogen-bond acceptors (Lipinski definition) is 3. The average molecular weight is 204 g/mol. The molecule has 1 unspecified atom stereocenters. The fourth-order valence-electron chi connectivity index (χ4n) is 1.53. The van der Waals surface area contributed by atoms with E-state index in [2.05, 4.69) is 21.4 Å². The third-order valence-corrected chi connectivity index (χ3v) is 2.23. The van der Waals surface area contributed by atoms with Crippen LogP contribution in [0.15, 0.2) is 18.2 Å². The number of benzene rings is 1. The van der Waals surface area contributed by atoms with Crippen molar-refractivity contribution in [1.29, 1.82) is 0 Å². The first-order chi connectivity index (χ1) is 7.15. The zero-order valence-electron chi connectivity index (χ0n) is 9.04. The van der Waals surface area contributed by atoms with E-state index < -0.39 is 0 Å². The zero-order chi connectivity index (χ0) is 10.8. The van der Waals surface area contributed by atoms with Crippen LogP contribution in [0.3, 0.4) is 0 Å². The third kappa shape index (κ3) is 2.27. The zero-order valence-corrected chi connectivity index (χ0v) is 9.04. The van der Waals surface area contributed by atoms with Crippen molar-refractivity contribution in [3.63, 3.8) is 0 Å². The molecule has 0 spiro atoms. The molecule has 0 aliphatic rings. The van der Waals surface area contributed by atoms with E-state index in [9.17, 15) is 0 Å². The van der Waals surface area contributed by atoms with Crippen LogP contribution in [-0.2, 0) is 0 Å². The maximum absolute atomic E-state index is 5.67. The summed E-state index contributed by atoms with van der Waals surface area (Å²) in [5, 5.41) is 3.27. The fraction of sp³-hybridized carbons (Fsp3) is 0.364. The Morgan fingerprint density at radius 2 is 2.33 bits per heavy atom. The van der Waals surface area contributed by atoms with Gasteiger partial charge in [-0.05, 0) is 32.0 Å². The van der Waals surface area contributed by atoms with Crippen molar-refractivity contribution in [2.24, 2.45) is 5.73 Å². The summed E-state index contributed by atoms with van der Waals surface area (Å²) in [5.41, 5.74) is 8.80. The summed E-state index contributed by atoms with van der Waals surface area (Å²) >= 11 is 0. The molecule has 0 fully saturated rings. The quantitative estimate of drug-likeness (QED) is 0.712. The van der Waals surface area contributed by atoms with Crippen LogP contribution in [-0.4, -0.2) is 22.6 Å². The number of fused-ring (bicyclic) bond motifs is 1. The van der Waals surface area contributed by atoms with Crippen molar-refractivity contribution in [2.75, 3.05) is 11.9 Å². The number of aromatic amines is 1. The maximum Gasteiger partial charge on any atom is 0.104 e. The summed E-state index contributed by atoms with van der Waals surface area (Å²) in [4.78, 5) is 7.55. The molecule has 80 valence electrons. The second-order valence-corrected chi connectivity index (χ2v) is 3.91. The highest BCUT2D eigenvalue weighted by Crippen LogP contribution is 2.16. The number of H-pyrrole nitrogens is 1. The van der Waals surface area contributed by atoms with Crippen LogP contribution in [0.25, 0.3) is 11.0 Å². The first-order valence-corrected chi connectivity index (χ1v) is 5.11. The van der Waals surface area contributed by atoms with Gasteiger partial charge in [0.25, 0.3) is 0 Å². The Morgan fingerprint density at radius 3 is 3.07 bits per heavy atom. The summed E-state index contributed by atoms with van der Waals surface area (Å²) in [6.07, 6.45) is 0. The van der Waals surface area contributed by atoms with Crippen LogP contribution < -0.4 is 11.1 Å². The van der Waals surface area contributed by atoms with Gasteiger partial charge in [0.1, 0.15) is 5.82 Å². The normalized spacial score (nSPS) is 13.0. The predicted molar refractivity (Wildman–Crippen MR) is 63.0 cm³/mol. The number of imidazole rings is 1. The molecule has 2 aromatic rings. The van der Waals surface area contributed by atoms with E-state index in [0.717, 1.165) is 29.1 Å². The molecule has 1 heterocycles. The molecule has 0 bridgehead atoms. The minimum atomic E-state index is 0.157. The summed E-state index contributed by atoms with van der Waals surface area (Å²) in [5.74, 6) is 0.939. The maximum atomic E-state index is 5.67. The second-order valence-electron chi connectivity index (χ2n) is 3.91. The van der Waals surface area contributed by atoms with Gasteiger partial charge in [0, 0.05) is 18.3 Å². The molecule has 0 aliphatic heterocycles. The van der Waals surface area contributed by atoms with Gasteiger partial charge in [0.2, 0.25) is 0 Å². The van der Waals surface area contributed by atoms with Gasteiger partial charge >= 0.3 is 0 Å². The van der Waals surface area contributed by atoms with Crippen molar-refractivity contribution in [2.45, 2.75) is 19.9 Å². The molecular weight excluding hydrogens is 188 g/mol. The topological polar surface area (TPSA) is 66.7 Å². The van der Waals surface area contributed by atoms with Crippen LogP contribution in [0, 0.1) is 6.92 Å². The van der Waals surface area contributed by atoms with E-state index in [4.69, 9.17) is 5.73 Å². The first-order valence-electron chi connectivity index (χ1n) is 5.11. The lowest BCUT2D eigenvalue weighted by Crippen LogP contribution is -2.25. The molecule has 0 amide bonds. The van der Waals surface area contributed by atoms with E-state index in [1.165, 1.54) is 0 Å². The molecule has 4 nitrogen and oxygen atoms in total. The average Bonchev–Trinajstić information content (AvgIpc) is 2.53. The minimum Gasteiger partial charge on any atom is -0.383 e. The lowest BCUT2D eigenvalue weighted by atomic mass is 10.2. The first kappa shape index (κ1) is 9.98. The van der Waals surface area contributed by atoms with Gasteiger partial charge in [0.15, 0.2) is 0 Å². The van der Waals surface area contributed by atoms with Gasteiger partial charge < -0.3 is 16.0 Å². The smallest absolute Gasteiger partial charge is 0.104 e. The second kappa shape index (κ2) is 3.90. The van der Waals surface area contributed by atoms with Crippen molar-refractivity contribution in [3.8, 4) is 0 Å². The van der Waals surface area contributed by atoms with Crippen molar-refractivity contribution in [3.05, 3.63) is 24.0 Å². The van der Waals surface area contributed by atoms with Crippen molar-refractivity contribution < 1.29 is 0 Å². The summed E-state index contributed by atoms with van der Waals surface area (Å²) < 4.78 is 0. The van der Waals surface area contributed by atoms with Crippen LogP contribution >= 0.6 is 0 Å². The summed E-state index contributed by atoms with van der Waals surface area (Å²) in [6, 6.07) is 6.23. The standard InChI is InChI=1S/C11H16N4/c1-7(12)6-13-9-3-4-10-11(5-9)15-8(2)14-10/h3-5,7,13H,6,12H2,1-2H3,(H,14,15). The van der Waals surface area contributed by atoms with E-state index in [-0.39, 0.29) is 6.04 Å². The molecule has 2 rings (SSSR count). The van der Waals surface area contributed by atoms with Gasteiger partial charge in [-0.1, -0.05) is 0 Å². The number of nitrogens with two attached hydrogens (primary N) is 1. The molecule has 0 saturated carbocycles. The number of aryl methyl sites for hydroxylation is 1. The number of anilines is 1. The molecule has 0 aliphatic carbocycles. The van der Waals surface area contributed by atoms with Crippen LogP contribution in [0.4, 0.5) is 5.69 Å². The SMILES string of the molecule is Cc1nc2ccc(NCC(C)N)cc2[nH]1. The van der Waals surface area contributed by atoms with Gasteiger partial charge in [-0.25, -0.2) is 4.98 Å². The van der Waals surface area contributed by atoms with Crippen LogP contribution in [0.2, 0.25) is 0 Å². The molecule has 0 saturated heterocycles. The summed E-state index contributed by atoms with van der Waals surface area (Å²) in [7, 11) is 0. The van der Waals surface area contributed by atoms with E-state index in [0.29, 0.717) is 0 Å². The molecule has 0 radical (unpaired) electrons. The largest absolute Gasteiger partial charge is 0.383 e.